The molecule has 5 aromatic heterocycles. The number of hydrogen-bond acceptors (Lipinski definition) is 6. The van der Waals surface area contributed by atoms with Gasteiger partial charge in [0, 0.05) is 65.3 Å². The lowest BCUT2D eigenvalue weighted by molar-refractivity contribution is 0.668. The molecule has 0 saturated carbocycles. The van der Waals surface area contributed by atoms with Gasteiger partial charge in [-0.05, 0) is 82.9 Å². The summed E-state index contributed by atoms with van der Waals surface area (Å²) >= 11 is 0. The first-order valence-electron chi connectivity index (χ1n) is 24.4. The predicted octanol–water partition coefficient (Wildman–Crippen LogP) is 18.0. The monoisotopic (exact) mass is 926 g/mol. The molecule has 0 unspecified atom stereocenters. The predicted molar refractivity (Wildman–Crippen MR) is 295 cm³/mol. The highest BCUT2D eigenvalue weighted by Crippen LogP contribution is 2.43. The van der Waals surface area contributed by atoms with E-state index in [1.54, 1.807) is 0 Å². The molecule has 0 N–H and O–H groups in total. The van der Waals surface area contributed by atoms with Gasteiger partial charge in [0.2, 0.25) is 5.95 Å². The van der Waals surface area contributed by atoms with Crippen LogP contribution in [-0.2, 0) is 0 Å². The number of benzene rings is 10. The molecule has 0 aliphatic carbocycles. The largest absolute Gasteiger partial charge is 0.456 e. The molecular weight excluding hydrogens is 885 g/mol. The third kappa shape index (κ3) is 6.55. The molecule has 0 amide bonds. The van der Waals surface area contributed by atoms with Crippen LogP contribution in [0.3, 0.4) is 0 Å². The molecule has 0 spiro atoms. The molecule has 0 aliphatic heterocycles. The Bertz CT molecular complexity index is 4610. The molecule has 10 aromatic carbocycles. The molecule has 7 nitrogen and oxygen atoms in total. The second-order valence-corrected chi connectivity index (χ2v) is 17.9. The summed E-state index contributed by atoms with van der Waals surface area (Å²) < 4.78 is 21.5. The molecule has 15 rings (SSSR count). The Morgan fingerprint density at radius 1 is 0.306 bits per heavy atom. The topological polar surface area (TPSA) is 83.0 Å². The van der Waals surface area contributed by atoms with Gasteiger partial charge in [-0.2, -0.15) is 9.97 Å². The molecule has 5 heterocycles. The quantitative estimate of drug-likeness (QED) is 0.165. The standard InChI is InChI=1S/C63H36N4O3.C2H6/c1-2-13-37(14-3-1)61-64-62(42-28-31-49-46-18-5-8-25-55(46)69-58(49)36-42)66-63(65-61)67-53-32-29-41(44-21-12-23-51-47-19-6-9-26-56(47)70-60(44)51)34-52(53)50-22-11-20-43(59(50)67)40-16-10-15-38(33-40)39-27-30-48-45-17-4-7-24-54(45)68-57(48)35-39;1-2/h1-36H;1-2H3. The molecule has 0 atom stereocenters. The van der Waals surface area contributed by atoms with E-state index in [9.17, 15) is 0 Å². The second kappa shape index (κ2) is 16.5. The molecule has 0 saturated heterocycles. The fourth-order valence-electron chi connectivity index (χ4n) is 10.6. The fourth-order valence-corrected chi connectivity index (χ4v) is 10.6. The van der Waals surface area contributed by atoms with E-state index in [1.165, 1.54) is 0 Å². The minimum Gasteiger partial charge on any atom is -0.456 e. The van der Waals surface area contributed by atoms with Crippen LogP contribution >= 0.6 is 0 Å². The van der Waals surface area contributed by atoms with Gasteiger partial charge in [-0.15, -0.1) is 0 Å². The van der Waals surface area contributed by atoms with Crippen LogP contribution in [0, 0.1) is 0 Å². The Hall–Kier alpha value is -9.59. The minimum absolute atomic E-state index is 0.500. The summed E-state index contributed by atoms with van der Waals surface area (Å²) in [5.41, 5.74) is 15.0. The van der Waals surface area contributed by atoms with Gasteiger partial charge < -0.3 is 13.3 Å². The van der Waals surface area contributed by atoms with Gasteiger partial charge >= 0.3 is 0 Å². The van der Waals surface area contributed by atoms with Crippen molar-refractivity contribution in [3.05, 3.63) is 218 Å². The Morgan fingerprint density at radius 2 is 0.792 bits per heavy atom. The number of aromatic nitrogens is 4. The molecule has 0 bridgehead atoms. The van der Waals surface area contributed by atoms with Gasteiger partial charge in [-0.1, -0.05) is 172 Å². The van der Waals surface area contributed by atoms with Crippen molar-refractivity contribution in [3.8, 4) is 62.1 Å². The number of para-hydroxylation sites is 5. The summed E-state index contributed by atoms with van der Waals surface area (Å²) in [5, 5.41) is 8.63. The fraction of sp³-hybridized carbons (Fsp3) is 0.0308. The van der Waals surface area contributed by atoms with Crippen LogP contribution in [0.25, 0.3) is 150 Å². The van der Waals surface area contributed by atoms with E-state index in [0.29, 0.717) is 17.6 Å². The summed E-state index contributed by atoms with van der Waals surface area (Å²) in [5.74, 6) is 1.60. The zero-order valence-electron chi connectivity index (χ0n) is 39.3. The Labute approximate surface area is 412 Å². The van der Waals surface area contributed by atoms with Crippen molar-refractivity contribution in [2.45, 2.75) is 13.8 Å². The molecular formula is C65H42N4O3. The maximum absolute atomic E-state index is 6.59. The van der Waals surface area contributed by atoms with Crippen LogP contribution in [0.2, 0.25) is 0 Å². The van der Waals surface area contributed by atoms with Gasteiger partial charge in [0.25, 0.3) is 0 Å². The van der Waals surface area contributed by atoms with Crippen molar-refractivity contribution >= 4 is 87.6 Å². The lowest BCUT2D eigenvalue weighted by Gasteiger charge is -2.13. The van der Waals surface area contributed by atoms with Crippen LogP contribution in [0.4, 0.5) is 0 Å². The van der Waals surface area contributed by atoms with Gasteiger partial charge in [0.15, 0.2) is 11.6 Å². The number of rotatable bonds is 6. The van der Waals surface area contributed by atoms with E-state index in [-0.39, 0.29) is 0 Å². The van der Waals surface area contributed by atoms with Crippen LogP contribution in [0.15, 0.2) is 232 Å². The lowest BCUT2D eigenvalue weighted by atomic mass is 9.96. The third-order valence-electron chi connectivity index (χ3n) is 13.9. The smallest absolute Gasteiger partial charge is 0.238 e. The molecule has 7 heteroatoms. The van der Waals surface area contributed by atoms with E-state index in [2.05, 4.69) is 144 Å². The summed E-state index contributed by atoms with van der Waals surface area (Å²) in [4.78, 5) is 15.9. The summed E-state index contributed by atoms with van der Waals surface area (Å²) in [7, 11) is 0. The van der Waals surface area contributed by atoms with Crippen LogP contribution in [0.5, 0.6) is 0 Å². The number of hydrogen-bond donors (Lipinski definition) is 0. The van der Waals surface area contributed by atoms with Crippen molar-refractivity contribution in [1.29, 1.82) is 0 Å². The average Bonchev–Trinajstić information content (AvgIpc) is 4.22. The minimum atomic E-state index is 0.500. The van der Waals surface area contributed by atoms with Gasteiger partial charge in [0.05, 0.1) is 11.0 Å². The molecule has 0 fully saturated rings. The average molecular weight is 927 g/mol. The Kier molecular flexibility index (Phi) is 9.51. The van der Waals surface area contributed by atoms with Crippen LogP contribution < -0.4 is 0 Å². The van der Waals surface area contributed by atoms with Crippen molar-refractivity contribution in [3.63, 3.8) is 0 Å². The molecule has 72 heavy (non-hydrogen) atoms. The number of fused-ring (bicyclic) bond motifs is 12. The summed E-state index contributed by atoms with van der Waals surface area (Å²) in [6, 6.07) is 75.8. The molecule has 340 valence electrons. The van der Waals surface area contributed by atoms with Crippen molar-refractivity contribution < 1.29 is 13.3 Å². The van der Waals surface area contributed by atoms with Gasteiger partial charge in [0.1, 0.15) is 33.5 Å². The third-order valence-corrected chi connectivity index (χ3v) is 13.9. The molecule has 15 aromatic rings. The molecule has 0 aliphatic rings. The van der Waals surface area contributed by atoms with Gasteiger partial charge in [-0.25, -0.2) is 4.98 Å². The number of furan rings is 3. The van der Waals surface area contributed by atoms with Crippen molar-refractivity contribution in [1.82, 2.24) is 19.5 Å². The Balaban J connectivity index is 0.00000238. The second-order valence-electron chi connectivity index (χ2n) is 17.9. The maximum Gasteiger partial charge on any atom is 0.238 e. The molecule has 0 radical (unpaired) electrons. The van der Waals surface area contributed by atoms with E-state index in [4.69, 9.17) is 28.2 Å². The highest BCUT2D eigenvalue weighted by atomic mass is 16.3. The van der Waals surface area contributed by atoms with E-state index >= 15 is 0 Å². The highest BCUT2D eigenvalue weighted by molar-refractivity contribution is 6.16. The van der Waals surface area contributed by atoms with Gasteiger partial charge in [-0.3, -0.25) is 4.57 Å². The lowest BCUT2D eigenvalue weighted by Crippen LogP contribution is -2.07. The van der Waals surface area contributed by atoms with Crippen LogP contribution in [-0.4, -0.2) is 19.5 Å². The Morgan fingerprint density at radius 3 is 1.51 bits per heavy atom. The first kappa shape index (κ1) is 41.4. The zero-order valence-corrected chi connectivity index (χ0v) is 39.3. The maximum atomic E-state index is 6.59. The van der Waals surface area contributed by atoms with Crippen molar-refractivity contribution in [2.24, 2.45) is 0 Å². The normalized spacial score (nSPS) is 11.8. The first-order valence-corrected chi connectivity index (χ1v) is 24.4. The van der Waals surface area contributed by atoms with E-state index < -0.39 is 0 Å². The van der Waals surface area contributed by atoms with E-state index in [0.717, 1.165) is 132 Å². The van der Waals surface area contributed by atoms with Crippen LogP contribution in [0.1, 0.15) is 13.8 Å². The van der Waals surface area contributed by atoms with E-state index in [1.807, 2.05) is 92.7 Å². The summed E-state index contributed by atoms with van der Waals surface area (Å²) in [6.45, 7) is 4.00. The van der Waals surface area contributed by atoms with Crippen molar-refractivity contribution in [2.75, 3.05) is 0 Å². The number of nitrogens with zero attached hydrogens (tertiary/aromatic N) is 4. The SMILES string of the molecule is CC.c1ccc(-c2nc(-c3ccc4c(c3)oc3ccccc34)nc(-n3c4ccc(-c5cccc6c5oc5ccccc56)cc4c4cccc(-c5cccc(-c6ccc7c(c6)oc6ccccc67)c5)c43)n2)cc1. The zero-order chi connectivity index (χ0) is 47.9. The summed E-state index contributed by atoms with van der Waals surface area (Å²) in [6.07, 6.45) is 0. The first-order chi connectivity index (χ1) is 35.7. The highest BCUT2D eigenvalue weighted by Gasteiger charge is 2.23.